The molecule has 1 aliphatic rings. The standard InChI is InChI=1S/C21H19Cl2N2OS/c1-3-24-16-12-14(22)8-10-18(16)26-20(24)6-5-7-21-25(4-2)17-13-15(23)9-11-19(17)27-21/h5-13H,3-4H2,1-2H3/q+1. The predicted octanol–water partition coefficient (Wildman–Crippen LogP) is 6.53. The van der Waals surface area contributed by atoms with E-state index in [0.29, 0.717) is 5.02 Å². The van der Waals surface area contributed by atoms with Crippen LogP contribution in [0.5, 0.6) is 0 Å². The van der Waals surface area contributed by atoms with Gasteiger partial charge in [0.15, 0.2) is 0 Å². The fraction of sp³-hybridized carbons (Fsp3) is 0.190. The summed E-state index contributed by atoms with van der Waals surface area (Å²) >= 11 is 14.1. The average molecular weight is 418 g/mol. The molecule has 0 saturated heterocycles. The first-order chi connectivity index (χ1) is 13.1. The van der Waals surface area contributed by atoms with Gasteiger partial charge >= 0.3 is 5.89 Å². The molecule has 0 N–H and O–H groups in total. The van der Waals surface area contributed by atoms with Crippen molar-refractivity contribution < 1.29 is 8.98 Å². The Morgan fingerprint density at radius 2 is 1.89 bits per heavy atom. The van der Waals surface area contributed by atoms with Gasteiger partial charge in [-0.3, -0.25) is 0 Å². The number of aromatic nitrogens is 1. The molecule has 4 rings (SSSR count). The lowest BCUT2D eigenvalue weighted by Gasteiger charge is -2.17. The second-order valence-electron chi connectivity index (χ2n) is 6.12. The maximum Gasteiger partial charge on any atom is 0.374 e. The van der Waals surface area contributed by atoms with E-state index >= 15 is 0 Å². The molecule has 6 heteroatoms. The smallest absolute Gasteiger partial charge is 0.374 e. The van der Waals surface area contributed by atoms with E-state index in [0.717, 1.165) is 40.8 Å². The molecule has 0 atom stereocenters. The minimum atomic E-state index is 0.709. The summed E-state index contributed by atoms with van der Waals surface area (Å²) < 4.78 is 8.11. The minimum absolute atomic E-state index is 0.709. The summed E-state index contributed by atoms with van der Waals surface area (Å²) in [5, 5.41) is 2.64. The second kappa shape index (κ2) is 7.63. The number of thioether (sulfide) groups is 1. The first-order valence-electron chi connectivity index (χ1n) is 8.86. The van der Waals surface area contributed by atoms with Crippen molar-refractivity contribution >= 4 is 57.8 Å². The molecule has 2 heterocycles. The van der Waals surface area contributed by atoms with Crippen molar-refractivity contribution in [2.24, 2.45) is 0 Å². The quantitative estimate of drug-likeness (QED) is 0.449. The minimum Gasteiger partial charge on any atom is -0.398 e. The van der Waals surface area contributed by atoms with E-state index in [1.807, 2.05) is 42.5 Å². The number of anilines is 1. The van der Waals surface area contributed by atoms with Gasteiger partial charge in [0.05, 0.1) is 16.8 Å². The van der Waals surface area contributed by atoms with Crippen LogP contribution in [0.15, 0.2) is 62.9 Å². The van der Waals surface area contributed by atoms with Crippen LogP contribution in [0.25, 0.3) is 17.2 Å². The van der Waals surface area contributed by atoms with Crippen molar-refractivity contribution in [1.82, 2.24) is 0 Å². The van der Waals surface area contributed by atoms with Crippen LogP contribution in [0.2, 0.25) is 10.0 Å². The van der Waals surface area contributed by atoms with E-state index in [9.17, 15) is 0 Å². The third kappa shape index (κ3) is 3.49. The fourth-order valence-corrected chi connectivity index (χ4v) is 4.71. The molecule has 0 saturated carbocycles. The molecule has 0 radical (unpaired) electrons. The molecule has 0 aliphatic carbocycles. The maximum atomic E-state index is 6.17. The van der Waals surface area contributed by atoms with E-state index in [1.165, 1.54) is 9.92 Å². The van der Waals surface area contributed by atoms with Gasteiger partial charge in [0.25, 0.3) is 5.52 Å². The van der Waals surface area contributed by atoms with Crippen molar-refractivity contribution in [3.8, 4) is 0 Å². The highest BCUT2D eigenvalue weighted by molar-refractivity contribution is 8.03. The topological polar surface area (TPSA) is 20.3 Å². The lowest BCUT2D eigenvalue weighted by atomic mass is 10.3. The molecule has 3 nitrogen and oxygen atoms in total. The van der Waals surface area contributed by atoms with Crippen molar-refractivity contribution in [1.29, 1.82) is 0 Å². The van der Waals surface area contributed by atoms with Crippen LogP contribution in [-0.4, -0.2) is 6.54 Å². The van der Waals surface area contributed by atoms with Gasteiger partial charge in [0.2, 0.25) is 5.58 Å². The van der Waals surface area contributed by atoms with Gasteiger partial charge < -0.3 is 9.32 Å². The van der Waals surface area contributed by atoms with Gasteiger partial charge in [-0.1, -0.05) is 35.0 Å². The highest BCUT2D eigenvalue weighted by atomic mass is 35.5. The van der Waals surface area contributed by atoms with Crippen molar-refractivity contribution in [3.63, 3.8) is 0 Å². The van der Waals surface area contributed by atoms with Crippen molar-refractivity contribution in [2.75, 3.05) is 11.4 Å². The van der Waals surface area contributed by atoms with E-state index in [1.54, 1.807) is 11.8 Å². The third-order valence-electron chi connectivity index (χ3n) is 4.49. The Bertz CT molecular complexity index is 1070. The summed E-state index contributed by atoms with van der Waals surface area (Å²) in [5.41, 5.74) is 3.00. The Balaban J connectivity index is 1.65. The SMILES string of the molecule is CCN1C(=CC=Cc2oc3ccc(Cl)cc3[n+]2CC)Sc2ccc(Cl)cc21. The van der Waals surface area contributed by atoms with E-state index in [2.05, 4.69) is 35.5 Å². The molecule has 3 aromatic rings. The summed E-state index contributed by atoms with van der Waals surface area (Å²) in [6.45, 7) is 5.93. The van der Waals surface area contributed by atoms with Crippen LogP contribution in [0.3, 0.4) is 0 Å². The first kappa shape index (κ1) is 18.5. The monoisotopic (exact) mass is 417 g/mol. The number of nitrogens with zero attached hydrogens (tertiary/aromatic N) is 2. The third-order valence-corrected chi connectivity index (χ3v) is 6.10. The van der Waals surface area contributed by atoms with Gasteiger partial charge in [0, 0.05) is 27.6 Å². The number of halogens is 2. The molecule has 0 amide bonds. The summed E-state index contributed by atoms with van der Waals surface area (Å²) in [7, 11) is 0. The van der Waals surface area contributed by atoms with Gasteiger partial charge in [-0.25, -0.2) is 0 Å². The Hall–Kier alpha value is -1.88. The number of aryl methyl sites for hydroxylation is 1. The van der Waals surface area contributed by atoms with Gasteiger partial charge in [-0.2, -0.15) is 4.57 Å². The Kier molecular flexibility index (Phi) is 5.22. The molecule has 1 aliphatic heterocycles. The summed E-state index contributed by atoms with van der Waals surface area (Å²) in [6.07, 6.45) is 6.14. The molecule has 1 aromatic heterocycles. The van der Waals surface area contributed by atoms with Crippen molar-refractivity contribution in [3.05, 3.63) is 69.5 Å². The second-order valence-corrected chi connectivity index (χ2v) is 8.05. The highest BCUT2D eigenvalue weighted by Crippen LogP contribution is 2.46. The molecule has 27 heavy (non-hydrogen) atoms. The van der Waals surface area contributed by atoms with Crippen LogP contribution < -0.4 is 9.47 Å². The number of benzene rings is 2. The van der Waals surface area contributed by atoms with Gasteiger partial charge in [-0.05, 0) is 56.3 Å². The normalized spacial score (nSPS) is 15.4. The van der Waals surface area contributed by atoms with Crippen LogP contribution in [0, 0.1) is 0 Å². The number of hydrogen-bond acceptors (Lipinski definition) is 3. The Morgan fingerprint density at radius 1 is 1.11 bits per heavy atom. The number of hydrogen-bond donors (Lipinski definition) is 0. The summed E-state index contributed by atoms with van der Waals surface area (Å²) in [5.74, 6) is 0.804. The first-order valence-corrected chi connectivity index (χ1v) is 10.4. The summed E-state index contributed by atoms with van der Waals surface area (Å²) in [4.78, 5) is 3.49. The fourth-order valence-electron chi connectivity index (χ4n) is 3.26. The summed E-state index contributed by atoms with van der Waals surface area (Å²) in [6, 6.07) is 11.7. The number of fused-ring (bicyclic) bond motifs is 2. The molecule has 2 aromatic carbocycles. The van der Waals surface area contributed by atoms with Crippen LogP contribution in [0.4, 0.5) is 5.69 Å². The molecular formula is C21H19Cl2N2OS+. The molecule has 138 valence electrons. The van der Waals surface area contributed by atoms with Crippen LogP contribution in [-0.2, 0) is 6.54 Å². The molecule has 0 unspecified atom stereocenters. The average Bonchev–Trinajstić information content (AvgIpc) is 3.18. The number of allylic oxidation sites excluding steroid dienone is 2. The van der Waals surface area contributed by atoms with E-state index in [-0.39, 0.29) is 0 Å². The predicted molar refractivity (Wildman–Crippen MR) is 115 cm³/mol. The molecule has 0 spiro atoms. The highest BCUT2D eigenvalue weighted by Gasteiger charge is 2.24. The zero-order valence-electron chi connectivity index (χ0n) is 15.1. The maximum absolute atomic E-state index is 6.17. The lowest BCUT2D eigenvalue weighted by Crippen LogP contribution is -2.33. The lowest BCUT2D eigenvalue weighted by molar-refractivity contribution is -0.674. The van der Waals surface area contributed by atoms with Crippen LogP contribution in [0.1, 0.15) is 19.7 Å². The van der Waals surface area contributed by atoms with E-state index in [4.69, 9.17) is 27.6 Å². The largest absolute Gasteiger partial charge is 0.398 e. The molecule has 0 bridgehead atoms. The Labute approximate surface area is 172 Å². The van der Waals surface area contributed by atoms with Gasteiger partial charge in [-0.15, -0.1) is 0 Å². The number of oxazole rings is 1. The molecular weight excluding hydrogens is 399 g/mol. The van der Waals surface area contributed by atoms with Crippen molar-refractivity contribution in [2.45, 2.75) is 25.3 Å². The number of rotatable bonds is 4. The van der Waals surface area contributed by atoms with Crippen LogP contribution >= 0.6 is 35.0 Å². The Morgan fingerprint density at radius 3 is 2.67 bits per heavy atom. The van der Waals surface area contributed by atoms with Gasteiger partial charge in [0.1, 0.15) is 6.54 Å². The zero-order chi connectivity index (χ0) is 19.0. The molecule has 0 fully saturated rings. The zero-order valence-corrected chi connectivity index (χ0v) is 17.4. The van der Waals surface area contributed by atoms with E-state index < -0.39 is 0 Å².